The van der Waals surface area contributed by atoms with Crippen molar-refractivity contribution in [3.05, 3.63) is 29.6 Å². The van der Waals surface area contributed by atoms with Crippen LogP contribution in [0.15, 0.2) is 18.2 Å². The number of hydrogen-bond donors (Lipinski definition) is 0. The molecule has 0 amide bonds. The Balaban J connectivity index is 0.00000225. The van der Waals surface area contributed by atoms with Gasteiger partial charge in [0.05, 0.1) is 5.56 Å². The predicted molar refractivity (Wildman–Crippen MR) is 40.1 cm³/mol. The SMILES string of the molecule is Fc1cc([B-](F)(F)F)cc(C(F)(F)F)c1.[K+]. The molecule has 0 saturated carbocycles. The first-order valence-corrected chi connectivity index (χ1v) is 3.68. The van der Waals surface area contributed by atoms with Crippen LogP contribution in [-0.2, 0) is 6.18 Å². The molecule has 0 unspecified atom stereocenters. The summed E-state index contributed by atoms with van der Waals surface area (Å²) in [5.74, 6) is -1.56. The van der Waals surface area contributed by atoms with E-state index < -0.39 is 30.0 Å². The van der Waals surface area contributed by atoms with Crippen LogP contribution in [0.1, 0.15) is 5.56 Å². The minimum atomic E-state index is -5.64. The number of benzene rings is 1. The van der Waals surface area contributed by atoms with Crippen molar-refractivity contribution < 1.29 is 81.9 Å². The van der Waals surface area contributed by atoms with Crippen LogP contribution < -0.4 is 56.8 Å². The average Bonchev–Trinajstić information content (AvgIpc) is 1.99. The number of hydrogen-bond acceptors (Lipinski definition) is 0. The molecule has 16 heavy (non-hydrogen) atoms. The minimum absolute atomic E-state index is 0. The van der Waals surface area contributed by atoms with Gasteiger partial charge in [0, 0.05) is 0 Å². The molecule has 0 saturated heterocycles. The van der Waals surface area contributed by atoms with E-state index >= 15 is 0 Å². The van der Waals surface area contributed by atoms with Gasteiger partial charge < -0.3 is 12.9 Å². The van der Waals surface area contributed by atoms with Crippen LogP contribution in [0, 0.1) is 5.82 Å². The van der Waals surface area contributed by atoms with Gasteiger partial charge in [-0.2, -0.15) is 13.2 Å². The molecule has 0 fully saturated rings. The van der Waals surface area contributed by atoms with E-state index in [0.29, 0.717) is 0 Å². The Bertz CT molecular complexity index is 338. The predicted octanol–water partition coefficient (Wildman–Crippen LogP) is -0.0971. The van der Waals surface area contributed by atoms with Gasteiger partial charge in [0.25, 0.3) is 0 Å². The Labute approximate surface area is 129 Å². The van der Waals surface area contributed by atoms with Gasteiger partial charge in [-0.3, -0.25) is 0 Å². The van der Waals surface area contributed by atoms with Crippen molar-refractivity contribution in [3.8, 4) is 0 Å². The molecule has 1 aromatic carbocycles. The standard InChI is InChI=1S/C7H3BF7.K/c9-6-2-4(7(10,11)12)1-5(3-6)8(13,14)15;/h1-3H;/q-1;+1. The van der Waals surface area contributed by atoms with Crippen LogP contribution in [0.25, 0.3) is 0 Å². The quantitative estimate of drug-likeness (QED) is 0.494. The van der Waals surface area contributed by atoms with E-state index in [4.69, 9.17) is 0 Å². The van der Waals surface area contributed by atoms with Crippen LogP contribution in [0.4, 0.5) is 30.5 Å². The van der Waals surface area contributed by atoms with E-state index in [9.17, 15) is 30.5 Å². The summed E-state index contributed by atoms with van der Waals surface area (Å²) in [6.45, 7) is -5.64. The number of halogens is 7. The molecule has 0 heterocycles. The summed E-state index contributed by atoms with van der Waals surface area (Å²) in [5.41, 5.74) is -3.24. The normalized spacial score (nSPS) is 12.2. The van der Waals surface area contributed by atoms with E-state index in [2.05, 4.69) is 0 Å². The maximum atomic E-state index is 12.5. The molecular weight excluding hydrogens is 267 g/mol. The number of alkyl halides is 3. The summed E-state index contributed by atoms with van der Waals surface area (Å²) in [6.07, 6.45) is -4.99. The third-order valence-electron chi connectivity index (χ3n) is 1.63. The van der Waals surface area contributed by atoms with Crippen molar-refractivity contribution in [2.75, 3.05) is 0 Å². The molecule has 0 aromatic heterocycles. The van der Waals surface area contributed by atoms with Gasteiger partial charge >= 0.3 is 64.5 Å². The molecule has 0 bridgehead atoms. The average molecular weight is 270 g/mol. The molecule has 0 spiro atoms. The largest absolute Gasteiger partial charge is 1.00 e. The van der Waals surface area contributed by atoms with Crippen molar-refractivity contribution in [1.82, 2.24) is 0 Å². The Morgan fingerprint density at radius 1 is 0.938 bits per heavy atom. The maximum absolute atomic E-state index is 12.5. The van der Waals surface area contributed by atoms with E-state index in [1.807, 2.05) is 0 Å². The second-order valence-corrected chi connectivity index (χ2v) is 2.85. The summed E-state index contributed by atoms with van der Waals surface area (Å²) < 4.78 is 84.7. The summed E-state index contributed by atoms with van der Waals surface area (Å²) in [4.78, 5) is 0. The third kappa shape index (κ3) is 4.36. The fourth-order valence-corrected chi connectivity index (χ4v) is 0.965. The molecule has 1 aromatic rings. The van der Waals surface area contributed by atoms with Crippen LogP contribution in [0.3, 0.4) is 0 Å². The summed E-state index contributed by atoms with van der Waals surface area (Å²) in [6, 6.07) is -0.0519. The second kappa shape index (κ2) is 5.38. The molecular formula is C7H3BF7K. The van der Waals surface area contributed by atoms with Crippen LogP contribution in [0.2, 0.25) is 0 Å². The molecule has 0 aliphatic carbocycles. The Morgan fingerprint density at radius 2 is 1.44 bits per heavy atom. The summed E-state index contributed by atoms with van der Waals surface area (Å²) >= 11 is 0. The molecule has 0 N–H and O–H groups in total. The first-order valence-electron chi connectivity index (χ1n) is 3.68. The first kappa shape index (κ1) is 16.4. The molecule has 0 atom stereocenters. The van der Waals surface area contributed by atoms with Crippen LogP contribution >= 0.6 is 0 Å². The zero-order valence-corrected chi connectivity index (χ0v) is 11.1. The number of rotatable bonds is 1. The Kier molecular flexibility index (Phi) is 5.53. The van der Waals surface area contributed by atoms with Gasteiger partial charge in [-0.15, -0.1) is 5.46 Å². The summed E-state index contributed by atoms with van der Waals surface area (Å²) in [5, 5.41) is 0. The van der Waals surface area contributed by atoms with E-state index in [0.717, 1.165) is 0 Å². The van der Waals surface area contributed by atoms with Crippen LogP contribution in [-0.4, -0.2) is 6.98 Å². The van der Waals surface area contributed by atoms with Gasteiger partial charge in [-0.05, 0) is 6.07 Å². The van der Waals surface area contributed by atoms with E-state index in [1.165, 1.54) is 0 Å². The fourth-order valence-electron chi connectivity index (χ4n) is 0.965. The molecule has 84 valence electrons. The first-order chi connectivity index (χ1) is 6.60. The van der Waals surface area contributed by atoms with Gasteiger partial charge in [0.2, 0.25) is 0 Å². The molecule has 9 heteroatoms. The maximum Gasteiger partial charge on any atom is 1.00 e. The third-order valence-corrected chi connectivity index (χ3v) is 1.63. The zero-order valence-electron chi connectivity index (χ0n) is 7.96. The van der Waals surface area contributed by atoms with Crippen LogP contribution in [0.5, 0.6) is 0 Å². The van der Waals surface area contributed by atoms with E-state index in [1.54, 1.807) is 0 Å². The molecule has 0 aliphatic rings. The van der Waals surface area contributed by atoms with Gasteiger partial charge in [0.15, 0.2) is 0 Å². The Hall–Kier alpha value is 0.431. The second-order valence-electron chi connectivity index (χ2n) is 2.85. The minimum Gasteiger partial charge on any atom is -0.445 e. The van der Waals surface area contributed by atoms with Crippen molar-refractivity contribution in [3.63, 3.8) is 0 Å². The van der Waals surface area contributed by atoms with Gasteiger partial charge in [-0.1, -0.05) is 12.1 Å². The van der Waals surface area contributed by atoms with Crippen molar-refractivity contribution in [1.29, 1.82) is 0 Å². The molecule has 0 nitrogen and oxygen atoms in total. The van der Waals surface area contributed by atoms with Gasteiger partial charge in [0.1, 0.15) is 5.82 Å². The Morgan fingerprint density at radius 3 is 1.81 bits per heavy atom. The topological polar surface area (TPSA) is 0 Å². The zero-order chi connectivity index (χ0) is 11.9. The molecule has 0 radical (unpaired) electrons. The van der Waals surface area contributed by atoms with E-state index in [-0.39, 0.29) is 69.6 Å². The van der Waals surface area contributed by atoms with Crippen molar-refractivity contribution >= 4 is 12.4 Å². The molecule has 0 aliphatic heterocycles. The molecule has 1 rings (SSSR count). The van der Waals surface area contributed by atoms with Gasteiger partial charge in [-0.25, -0.2) is 4.39 Å². The monoisotopic (exact) mass is 270 g/mol. The van der Waals surface area contributed by atoms with Crippen molar-refractivity contribution in [2.45, 2.75) is 6.18 Å². The summed E-state index contributed by atoms with van der Waals surface area (Å²) in [7, 11) is 0. The smallest absolute Gasteiger partial charge is 0.445 e. The van der Waals surface area contributed by atoms with Crippen molar-refractivity contribution in [2.24, 2.45) is 0 Å². The fraction of sp³-hybridized carbons (Fsp3) is 0.143.